The van der Waals surface area contributed by atoms with Crippen LogP contribution in [0.4, 0.5) is 0 Å². The molecule has 7 nitrogen and oxygen atoms in total. The summed E-state index contributed by atoms with van der Waals surface area (Å²) in [5.74, 6) is 1.59. The number of methoxy groups -OCH3 is 2. The maximum Gasteiger partial charge on any atom is 0.305 e. The van der Waals surface area contributed by atoms with Gasteiger partial charge in [0.15, 0.2) is 11.5 Å². The Morgan fingerprint density at radius 3 is 2.32 bits per heavy atom. The number of nitrogens with one attached hydrogen (secondary N) is 1. The second-order valence-electron chi connectivity index (χ2n) is 9.36. The summed E-state index contributed by atoms with van der Waals surface area (Å²) >= 11 is 0. The first-order valence-electron chi connectivity index (χ1n) is 13.7. The summed E-state index contributed by atoms with van der Waals surface area (Å²) < 4.78 is 21.8. The molecule has 0 aliphatic carbocycles. The predicted octanol–water partition coefficient (Wildman–Crippen LogP) is 6.29. The van der Waals surface area contributed by atoms with Crippen molar-refractivity contribution in [3.8, 4) is 11.5 Å². The van der Waals surface area contributed by atoms with E-state index in [2.05, 4.69) is 29.1 Å². The van der Waals surface area contributed by atoms with Crippen LogP contribution in [-0.4, -0.2) is 52.5 Å². The molecule has 0 aliphatic rings. The van der Waals surface area contributed by atoms with Crippen LogP contribution in [0.25, 0.3) is 0 Å². The van der Waals surface area contributed by atoms with Crippen LogP contribution in [0.15, 0.2) is 18.2 Å². The van der Waals surface area contributed by atoms with Gasteiger partial charge in [0, 0.05) is 39.0 Å². The number of carbonyl (C=O) groups excluding carboxylic acids is 2. The van der Waals surface area contributed by atoms with Gasteiger partial charge in [0.2, 0.25) is 5.91 Å². The van der Waals surface area contributed by atoms with Gasteiger partial charge in [-0.15, -0.1) is 12.4 Å². The second kappa shape index (κ2) is 23.2. The van der Waals surface area contributed by atoms with Crippen molar-refractivity contribution in [1.29, 1.82) is 0 Å². The number of ether oxygens (including phenoxy) is 4. The Balaban J connectivity index is 0.0000130. The van der Waals surface area contributed by atoms with Crippen molar-refractivity contribution >= 4 is 24.3 Å². The highest BCUT2D eigenvalue weighted by molar-refractivity contribution is 5.85. The molecule has 0 heterocycles. The third-order valence-corrected chi connectivity index (χ3v) is 6.15. The predicted molar refractivity (Wildman–Crippen MR) is 151 cm³/mol. The summed E-state index contributed by atoms with van der Waals surface area (Å²) in [5.41, 5.74) is 1.23. The average Bonchev–Trinajstić information content (AvgIpc) is 2.88. The molecule has 0 bridgehead atoms. The van der Waals surface area contributed by atoms with Crippen molar-refractivity contribution in [2.75, 3.05) is 40.6 Å². The van der Waals surface area contributed by atoms with E-state index in [0.717, 1.165) is 88.7 Å². The third-order valence-electron chi connectivity index (χ3n) is 6.15. The molecule has 1 amide bonds. The van der Waals surface area contributed by atoms with Crippen molar-refractivity contribution in [3.63, 3.8) is 0 Å². The molecule has 8 heteroatoms. The first kappa shape index (κ1) is 35.0. The topological polar surface area (TPSA) is 83.1 Å². The maximum atomic E-state index is 12.1. The highest BCUT2D eigenvalue weighted by Crippen LogP contribution is 2.30. The van der Waals surface area contributed by atoms with Crippen molar-refractivity contribution < 1.29 is 28.5 Å². The first-order valence-corrected chi connectivity index (χ1v) is 13.7. The molecule has 1 rings (SSSR count). The van der Waals surface area contributed by atoms with Crippen LogP contribution in [0.2, 0.25) is 0 Å². The Kier molecular flexibility index (Phi) is 21.9. The number of benzene rings is 1. The van der Waals surface area contributed by atoms with Gasteiger partial charge in [-0.2, -0.15) is 0 Å². The SMILES string of the molecule is CCCCNC(=O)[C@H](C)CCCCCCc1ccc(OCCCCC(=O)OC)c(OCCCOC)c1.Cl. The van der Waals surface area contributed by atoms with Crippen LogP contribution in [0.1, 0.15) is 90.0 Å². The zero-order valence-corrected chi connectivity index (χ0v) is 24.3. The molecule has 0 spiro atoms. The van der Waals surface area contributed by atoms with Crippen LogP contribution in [0.5, 0.6) is 11.5 Å². The van der Waals surface area contributed by atoms with Crippen LogP contribution in [0, 0.1) is 5.92 Å². The van der Waals surface area contributed by atoms with Gasteiger partial charge >= 0.3 is 5.97 Å². The van der Waals surface area contributed by atoms with E-state index in [0.29, 0.717) is 26.2 Å². The van der Waals surface area contributed by atoms with Crippen LogP contribution in [0.3, 0.4) is 0 Å². The largest absolute Gasteiger partial charge is 0.490 e. The lowest BCUT2D eigenvalue weighted by Gasteiger charge is -2.14. The Hall–Kier alpha value is -1.99. The summed E-state index contributed by atoms with van der Waals surface area (Å²) in [5, 5.41) is 3.03. The van der Waals surface area contributed by atoms with Crippen molar-refractivity contribution in [2.45, 2.75) is 90.9 Å². The minimum absolute atomic E-state index is 0. The highest BCUT2D eigenvalue weighted by atomic mass is 35.5. The summed E-state index contributed by atoms with van der Waals surface area (Å²) in [6.07, 6.45) is 11.3. The minimum atomic E-state index is -0.191. The fourth-order valence-electron chi connectivity index (χ4n) is 3.81. The lowest BCUT2D eigenvalue weighted by molar-refractivity contribution is -0.140. The molecular formula is C29H50ClNO6. The van der Waals surface area contributed by atoms with Gasteiger partial charge in [-0.3, -0.25) is 9.59 Å². The van der Waals surface area contributed by atoms with Gasteiger partial charge in [-0.1, -0.05) is 45.6 Å². The number of esters is 1. The first-order chi connectivity index (χ1) is 17.5. The Morgan fingerprint density at radius 1 is 0.865 bits per heavy atom. The molecule has 1 atom stereocenters. The number of hydrogen-bond donors (Lipinski definition) is 1. The lowest BCUT2D eigenvalue weighted by atomic mass is 10.00. The number of unbranched alkanes of at least 4 members (excludes halogenated alkanes) is 5. The molecule has 0 aliphatic heterocycles. The van der Waals surface area contributed by atoms with Crippen LogP contribution in [-0.2, 0) is 25.5 Å². The summed E-state index contributed by atoms with van der Waals surface area (Å²) in [6, 6.07) is 6.17. The molecule has 0 radical (unpaired) electrons. The summed E-state index contributed by atoms with van der Waals surface area (Å²) in [6.45, 7) is 6.70. The molecule has 1 aromatic carbocycles. The van der Waals surface area contributed by atoms with Crippen molar-refractivity contribution in [2.24, 2.45) is 5.92 Å². The van der Waals surface area contributed by atoms with E-state index in [4.69, 9.17) is 14.2 Å². The lowest BCUT2D eigenvalue weighted by Crippen LogP contribution is -2.29. The third kappa shape index (κ3) is 17.2. The quantitative estimate of drug-likeness (QED) is 0.137. The number of halogens is 1. The minimum Gasteiger partial charge on any atom is -0.490 e. The van der Waals surface area contributed by atoms with Crippen molar-refractivity contribution in [1.82, 2.24) is 5.32 Å². The zero-order chi connectivity index (χ0) is 26.4. The van der Waals surface area contributed by atoms with E-state index in [-0.39, 0.29) is 30.2 Å². The van der Waals surface area contributed by atoms with Gasteiger partial charge in [0.25, 0.3) is 0 Å². The number of amides is 1. The Bertz CT molecular complexity index is 730. The van der Waals surface area contributed by atoms with Gasteiger partial charge < -0.3 is 24.3 Å². The average molecular weight is 544 g/mol. The fourth-order valence-corrected chi connectivity index (χ4v) is 3.81. The Labute approximate surface area is 230 Å². The molecular weight excluding hydrogens is 494 g/mol. The normalized spacial score (nSPS) is 11.4. The maximum absolute atomic E-state index is 12.1. The standard InChI is InChI=1S/C29H49NO6.ClH/c1-5-6-19-30-29(32)24(2)14-9-7-8-10-15-25-17-18-26(27(23-25)36-22-13-20-33-3)35-21-12-11-16-28(31)34-4;/h17-18,23-24H,5-16,19-22H2,1-4H3,(H,30,32);1H/t24-;/m1./s1. The number of carbonyl (C=O) groups is 2. The molecule has 214 valence electrons. The van der Waals surface area contributed by atoms with E-state index < -0.39 is 0 Å². The number of aryl methyl sites for hydroxylation is 1. The molecule has 1 N–H and O–H groups in total. The van der Waals surface area contributed by atoms with E-state index in [1.807, 2.05) is 13.0 Å². The second-order valence-corrected chi connectivity index (χ2v) is 9.36. The van der Waals surface area contributed by atoms with Gasteiger partial charge in [0.05, 0.1) is 20.3 Å². The highest BCUT2D eigenvalue weighted by Gasteiger charge is 2.12. The summed E-state index contributed by atoms with van der Waals surface area (Å²) in [7, 11) is 3.09. The van der Waals surface area contributed by atoms with Gasteiger partial charge in [-0.25, -0.2) is 0 Å². The monoisotopic (exact) mass is 543 g/mol. The smallest absolute Gasteiger partial charge is 0.305 e. The van der Waals surface area contributed by atoms with Gasteiger partial charge in [-0.05, 0) is 56.2 Å². The van der Waals surface area contributed by atoms with Crippen LogP contribution >= 0.6 is 12.4 Å². The molecule has 0 fully saturated rings. The van der Waals surface area contributed by atoms with Gasteiger partial charge in [0.1, 0.15) is 0 Å². The zero-order valence-electron chi connectivity index (χ0n) is 23.5. The van der Waals surface area contributed by atoms with E-state index in [1.165, 1.54) is 12.7 Å². The molecule has 1 aromatic rings. The van der Waals surface area contributed by atoms with E-state index in [1.54, 1.807) is 7.11 Å². The molecule has 0 saturated carbocycles. The molecule has 0 saturated heterocycles. The molecule has 37 heavy (non-hydrogen) atoms. The van der Waals surface area contributed by atoms with E-state index >= 15 is 0 Å². The Morgan fingerprint density at radius 2 is 1.59 bits per heavy atom. The number of rotatable bonds is 22. The van der Waals surface area contributed by atoms with Crippen molar-refractivity contribution in [3.05, 3.63) is 23.8 Å². The molecule has 0 unspecified atom stereocenters. The fraction of sp³-hybridized carbons (Fsp3) is 0.724. The summed E-state index contributed by atoms with van der Waals surface area (Å²) in [4.78, 5) is 23.3. The number of hydrogen-bond acceptors (Lipinski definition) is 6. The van der Waals surface area contributed by atoms with Crippen LogP contribution < -0.4 is 14.8 Å². The molecule has 0 aromatic heterocycles. The van der Waals surface area contributed by atoms with E-state index in [9.17, 15) is 9.59 Å².